The Labute approximate surface area is 129 Å². The maximum Gasteiger partial charge on any atom is 0.417 e. The zero-order valence-corrected chi connectivity index (χ0v) is 12.1. The molecule has 0 aliphatic carbocycles. The summed E-state index contributed by atoms with van der Waals surface area (Å²) in [6, 6.07) is 4.75. The maximum absolute atomic E-state index is 13.0. The molecule has 22 heavy (non-hydrogen) atoms. The molecule has 0 bridgehead atoms. The summed E-state index contributed by atoms with van der Waals surface area (Å²) >= 11 is 5.00. The third-order valence-electron chi connectivity index (χ3n) is 2.81. The molecule has 0 amide bonds. The van der Waals surface area contributed by atoms with E-state index in [4.69, 9.17) is 12.2 Å². The van der Waals surface area contributed by atoms with Crippen molar-refractivity contribution in [1.82, 2.24) is 10.3 Å². The molecule has 3 N–H and O–H groups in total. The summed E-state index contributed by atoms with van der Waals surface area (Å²) in [5.41, 5.74) is -1.30. The number of nitrogens with one attached hydrogen (secondary N) is 3. The Balaban J connectivity index is 2.45. The van der Waals surface area contributed by atoms with Gasteiger partial charge in [0.15, 0.2) is 5.11 Å². The predicted molar refractivity (Wildman–Crippen MR) is 84.0 cm³/mol. The topological polar surface area (TPSA) is 56.9 Å². The molecule has 0 aliphatic heterocycles. The van der Waals surface area contributed by atoms with Crippen LogP contribution in [0.25, 0.3) is 10.9 Å². The summed E-state index contributed by atoms with van der Waals surface area (Å²) < 4.78 is 39.1. The van der Waals surface area contributed by atoms with E-state index in [1.54, 1.807) is 6.08 Å². The molecule has 0 spiro atoms. The Kier molecular flexibility index (Phi) is 4.51. The number of rotatable bonds is 3. The third-order valence-corrected chi connectivity index (χ3v) is 3.06. The van der Waals surface area contributed by atoms with Gasteiger partial charge in [-0.25, -0.2) is 0 Å². The molecule has 116 valence electrons. The van der Waals surface area contributed by atoms with Crippen molar-refractivity contribution in [1.29, 1.82) is 0 Å². The van der Waals surface area contributed by atoms with Crippen LogP contribution in [0.15, 0.2) is 41.7 Å². The highest BCUT2D eigenvalue weighted by molar-refractivity contribution is 7.80. The van der Waals surface area contributed by atoms with Crippen molar-refractivity contribution in [2.75, 3.05) is 11.9 Å². The average Bonchev–Trinajstić information content (AvgIpc) is 2.43. The Morgan fingerprint density at radius 3 is 2.73 bits per heavy atom. The van der Waals surface area contributed by atoms with Gasteiger partial charge in [-0.05, 0) is 30.4 Å². The van der Waals surface area contributed by atoms with Crippen LogP contribution in [0.5, 0.6) is 0 Å². The van der Waals surface area contributed by atoms with Gasteiger partial charge in [0, 0.05) is 29.2 Å². The van der Waals surface area contributed by atoms with Gasteiger partial charge in [-0.1, -0.05) is 6.08 Å². The number of H-pyrrole nitrogens is 1. The SMILES string of the molecule is C=CCNC(=S)Nc1ccc2[nH]c(=O)cc(C(F)(F)F)c2c1. The molecule has 8 heteroatoms. The van der Waals surface area contributed by atoms with E-state index in [1.807, 2.05) is 0 Å². The first-order chi connectivity index (χ1) is 10.3. The molecule has 0 aliphatic rings. The lowest BCUT2D eigenvalue weighted by molar-refractivity contribution is -0.136. The molecule has 1 aromatic carbocycles. The standard InChI is InChI=1S/C14H12F3N3OS/c1-2-5-18-13(22)19-8-3-4-11-9(6-8)10(14(15,16)17)7-12(21)20-11/h2-4,6-7H,1,5H2,(H,20,21)(H2,18,19,22). The first kappa shape index (κ1) is 16.0. The van der Waals surface area contributed by atoms with Gasteiger partial charge in [-0.15, -0.1) is 6.58 Å². The first-order valence-electron chi connectivity index (χ1n) is 6.21. The van der Waals surface area contributed by atoms with Gasteiger partial charge in [-0.2, -0.15) is 13.2 Å². The zero-order chi connectivity index (χ0) is 16.3. The van der Waals surface area contributed by atoms with Crippen molar-refractivity contribution in [3.05, 3.63) is 52.8 Å². The molecule has 2 rings (SSSR count). The summed E-state index contributed by atoms with van der Waals surface area (Å²) in [7, 11) is 0. The van der Waals surface area contributed by atoms with E-state index in [0.717, 1.165) is 0 Å². The fraction of sp³-hybridized carbons (Fsp3) is 0.143. The minimum atomic E-state index is -4.62. The molecular weight excluding hydrogens is 315 g/mol. The lowest BCUT2D eigenvalue weighted by Crippen LogP contribution is -2.28. The number of aromatic amines is 1. The van der Waals surface area contributed by atoms with Gasteiger partial charge < -0.3 is 15.6 Å². The molecule has 4 nitrogen and oxygen atoms in total. The summed E-state index contributed by atoms with van der Waals surface area (Å²) in [6.07, 6.45) is -3.02. The molecule has 1 heterocycles. The van der Waals surface area contributed by atoms with Gasteiger partial charge in [0.05, 0.1) is 5.56 Å². The van der Waals surface area contributed by atoms with Gasteiger partial charge in [0.1, 0.15) is 0 Å². The molecular formula is C14H12F3N3OS. The minimum absolute atomic E-state index is 0.107. The van der Waals surface area contributed by atoms with Gasteiger partial charge >= 0.3 is 6.18 Å². The number of fused-ring (bicyclic) bond motifs is 1. The van der Waals surface area contributed by atoms with Crippen molar-refractivity contribution in [3.8, 4) is 0 Å². The lowest BCUT2D eigenvalue weighted by Gasteiger charge is -2.13. The second-order valence-electron chi connectivity index (χ2n) is 4.43. The molecule has 0 saturated carbocycles. The van der Waals surface area contributed by atoms with E-state index in [0.29, 0.717) is 18.3 Å². The predicted octanol–water partition coefficient (Wildman–Crippen LogP) is 3.02. The lowest BCUT2D eigenvalue weighted by atomic mass is 10.1. The van der Waals surface area contributed by atoms with Crippen LogP contribution in [0.1, 0.15) is 5.56 Å². The largest absolute Gasteiger partial charge is 0.417 e. The van der Waals surface area contributed by atoms with Crippen LogP contribution in [0.4, 0.5) is 18.9 Å². The molecule has 1 aromatic heterocycles. The number of benzene rings is 1. The van der Waals surface area contributed by atoms with Crippen LogP contribution in [-0.4, -0.2) is 16.6 Å². The van der Waals surface area contributed by atoms with Gasteiger partial charge in [0.25, 0.3) is 0 Å². The van der Waals surface area contributed by atoms with Crippen LogP contribution in [0, 0.1) is 0 Å². The zero-order valence-electron chi connectivity index (χ0n) is 11.3. The van der Waals surface area contributed by atoms with Crippen molar-refractivity contribution >= 4 is 33.9 Å². The quantitative estimate of drug-likeness (QED) is 0.599. The smallest absolute Gasteiger partial charge is 0.359 e. The Morgan fingerprint density at radius 2 is 2.09 bits per heavy atom. The maximum atomic E-state index is 13.0. The summed E-state index contributed by atoms with van der Waals surface area (Å²) in [5.74, 6) is 0. The van der Waals surface area contributed by atoms with E-state index in [9.17, 15) is 18.0 Å². The first-order valence-corrected chi connectivity index (χ1v) is 6.62. The van der Waals surface area contributed by atoms with Crippen LogP contribution in [0.2, 0.25) is 0 Å². The van der Waals surface area contributed by atoms with Crippen LogP contribution in [0.3, 0.4) is 0 Å². The van der Waals surface area contributed by atoms with Gasteiger partial charge in [0.2, 0.25) is 5.56 Å². The highest BCUT2D eigenvalue weighted by Crippen LogP contribution is 2.34. The van der Waals surface area contributed by atoms with Crippen molar-refractivity contribution < 1.29 is 13.2 Å². The normalized spacial score (nSPS) is 11.2. The van der Waals surface area contributed by atoms with Crippen LogP contribution in [-0.2, 0) is 6.18 Å². The Hall–Kier alpha value is -2.35. The fourth-order valence-corrected chi connectivity index (χ4v) is 2.11. The Bertz CT molecular complexity index is 783. The van der Waals surface area contributed by atoms with Crippen molar-refractivity contribution in [2.24, 2.45) is 0 Å². The van der Waals surface area contributed by atoms with E-state index in [2.05, 4.69) is 22.2 Å². The van der Waals surface area contributed by atoms with E-state index in [1.165, 1.54) is 18.2 Å². The summed E-state index contributed by atoms with van der Waals surface area (Å²) in [5, 5.41) is 5.73. The highest BCUT2D eigenvalue weighted by atomic mass is 32.1. The number of hydrogen-bond acceptors (Lipinski definition) is 2. The summed E-state index contributed by atoms with van der Waals surface area (Å²) in [6.45, 7) is 3.95. The molecule has 0 radical (unpaired) electrons. The van der Waals surface area contributed by atoms with Crippen LogP contribution < -0.4 is 16.2 Å². The van der Waals surface area contributed by atoms with Crippen molar-refractivity contribution in [2.45, 2.75) is 6.18 Å². The fourth-order valence-electron chi connectivity index (χ4n) is 1.91. The molecule has 2 aromatic rings. The highest BCUT2D eigenvalue weighted by Gasteiger charge is 2.33. The minimum Gasteiger partial charge on any atom is -0.359 e. The van der Waals surface area contributed by atoms with E-state index < -0.39 is 17.3 Å². The number of halogens is 3. The summed E-state index contributed by atoms with van der Waals surface area (Å²) in [4.78, 5) is 13.7. The Morgan fingerprint density at radius 1 is 1.36 bits per heavy atom. The van der Waals surface area contributed by atoms with E-state index >= 15 is 0 Å². The number of pyridine rings is 1. The number of hydrogen-bond donors (Lipinski definition) is 3. The second kappa shape index (κ2) is 6.18. The van der Waals surface area contributed by atoms with Crippen molar-refractivity contribution in [3.63, 3.8) is 0 Å². The number of aromatic nitrogens is 1. The molecule has 0 fully saturated rings. The van der Waals surface area contributed by atoms with Crippen LogP contribution >= 0.6 is 12.2 Å². The number of thiocarbonyl (C=S) groups is 1. The molecule has 0 atom stereocenters. The number of anilines is 1. The third kappa shape index (κ3) is 3.64. The van der Waals surface area contributed by atoms with Gasteiger partial charge in [-0.3, -0.25) is 4.79 Å². The van der Waals surface area contributed by atoms with E-state index in [-0.39, 0.29) is 16.0 Å². The molecule has 0 unspecified atom stereocenters. The number of alkyl halides is 3. The molecule has 0 saturated heterocycles. The second-order valence-corrected chi connectivity index (χ2v) is 4.84. The average molecular weight is 327 g/mol. The monoisotopic (exact) mass is 327 g/mol.